The Hall–Kier alpha value is -1.45. The molecule has 0 amide bonds. The first kappa shape index (κ1) is 18.3. The second kappa shape index (κ2) is 6.69. The lowest BCUT2D eigenvalue weighted by Crippen LogP contribution is -2.18. The summed E-state index contributed by atoms with van der Waals surface area (Å²) in [5, 5.41) is 1.15. The molecule has 0 radical (unpaired) electrons. The van der Waals surface area contributed by atoms with Crippen molar-refractivity contribution in [2.45, 2.75) is 17.6 Å². The molecule has 2 heterocycles. The normalized spacial score (nSPS) is 12.0. The van der Waals surface area contributed by atoms with Crippen molar-refractivity contribution in [3.05, 3.63) is 55.5 Å². The Labute approximate surface area is 157 Å². The van der Waals surface area contributed by atoms with Gasteiger partial charge in [-0.15, -0.1) is 11.3 Å². The Morgan fingerprint density at radius 2 is 2.00 bits per heavy atom. The predicted octanol–water partition coefficient (Wildman–Crippen LogP) is 3.10. The Morgan fingerprint density at radius 3 is 2.64 bits per heavy atom. The van der Waals surface area contributed by atoms with E-state index in [0.717, 1.165) is 16.9 Å². The van der Waals surface area contributed by atoms with Crippen LogP contribution in [0.1, 0.15) is 17.0 Å². The van der Waals surface area contributed by atoms with E-state index in [1.54, 1.807) is 25.1 Å². The van der Waals surface area contributed by atoms with Crippen LogP contribution in [-0.2, 0) is 16.4 Å². The lowest BCUT2D eigenvalue weighted by molar-refractivity contribution is 0.590. The van der Waals surface area contributed by atoms with Gasteiger partial charge in [0.15, 0.2) is 0 Å². The molecular weight excluding hydrogens is 405 g/mol. The summed E-state index contributed by atoms with van der Waals surface area (Å²) >= 11 is 12.9. The largest absolute Gasteiger partial charge is 0.310 e. The van der Waals surface area contributed by atoms with Gasteiger partial charge in [0.2, 0.25) is 10.0 Å². The number of hydrogen-bond acceptors (Lipinski definition) is 5. The fourth-order valence-corrected chi connectivity index (χ4v) is 5.32. The zero-order valence-corrected chi connectivity index (χ0v) is 16.3. The van der Waals surface area contributed by atoms with E-state index < -0.39 is 10.0 Å². The van der Waals surface area contributed by atoms with Crippen LogP contribution in [0.2, 0.25) is 10.0 Å². The van der Waals surface area contributed by atoms with E-state index in [4.69, 9.17) is 23.2 Å². The molecule has 2 N–H and O–H groups in total. The van der Waals surface area contributed by atoms with E-state index in [2.05, 4.69) is 14.7 Å². The molecule has 0 aliphatic carbocycles. The number of aromatic amines is 1. The number of thiophene rings is 1. The SMILES string of the molecule is CNS(=O)(=O)c1sc2nc(Cc3ccc(Cl)c(Cl)c3)[nH]c(=O)c2c1C. The molecule has 2 aromatic heterocycles. The minimum Gasteiger partial charge on any atom is -0.310 e. The Kier molecular flexibility index (Phi) is 4.91. The smallest absolute Gasteiger partial charge is 0.259 e. The summed E-state index contributed by atoms with van der Waals surface area (Å²) in [6.07, 6.45) is 0.340. The van der Waals surface area contributed by atoms with Crippen molar-refractivity contribution in [1.82, 2.24) is 14.7 Å². The molecule has 0 aliphatic rings. The van der Waals surface area contributed by atoms with E-state index in [1.165, 1.54) is 7.05 Å². The van der Waals surface area contributed by atoms with Crippen LogP contribution in [0.3, 0.4) is 0 Å². The summed E-state index contributed by atoms with van der Waals surface area (Å²) in [5.74, 6) is 0.422. The van der Waals surface area contributed by atoms with Crippen LogP contribution >= 0.6 is 34.5 Å². The van der Waals surface area contributed by atoms with Crippen LogP contribution in [0.25, 0.3) is 10.2 Å². The van der Waals surface area contributed by atoms with Gasteiger partial charge in [-0.3, -0.25) is 4.79 Å². The molecule has 3 aromatic rings. The van der Waals surface area contributed by atoms with E-state index >= 15 is 0 Å². The van der Waals surface area contributed by atoms with E-state index in [9.17, 15) is 13.2 Å². The third-order valence-corrected chi connectivity index (χ3v) is 7.63. The fraction of sp³-hybridized carbons (Fsp3) is 0.200. The highest BCUT2D eigenvalue weighted by Crippen LogP contribution is 2.31. The van der Waals surface area contributed by atoms with Crippen molar-refractivity contribution >= 4 is 54.8 Å². The number of nitrogens with one attached hydrogen (secondary N) is 2. The van der Waals surface area contributed by atoms with Crippen molar-refractivity contribution in [2.75, 3.05) is 7.05 Å². The summed E-state index contributed by atoms with van der Waals surface area (Å²) in [7, 11) is -2.32. The third-order valence-electron chi connectivity index (χ3n) is 3.67. The van der Waals surface area contributed by atoms with E-state index in [0.29, 0.717) is 32.7 Å². The van der Waals surface area contributed by atoms with Gasteiger partial charge >= 0.3 is 0 Å². The molecule has 0 spiro atoms. The molecule has 132 valence electrons. The Bertz CT molecular complexity index is 1140. The van der Waals surface area contributed by atoms with Crippen molar-refractivity contribution in [1.29, 1.82) is 0 Å². The minimum absolute atomic E-state index is 0.0923. The summed E-state index contributed by atoms with van der Waals surface area (Å²) in [4.78, 5) is 19.9. The van der Waals surface area contributed by atoms with Gasteiger partial charge in [0.25, 0.3) is 5.56 Å². The Balaban J connectivity index is 2.10. The van der Waals surface area contributed by atoms with Crippen molar-refractivity contribution in [3.8, 4) is 0 Å². The number of halogens is 2. The standard InChI is InChI=1S/C15H13Cl2N3O3S2/c1-7-12-13(21)19-11(6-8-3-4-9(16)10(17)5-8)20-14(12)24-15(7)25(22,23)18-2/h3-5,18H,6H2,1-2H3,(H,19,20,21). The van der Waals surface area contributed by atoms with Crippen LogP contribution in [0.4, 0.5) is 0 Å². The maximum atomic E-state index is 12.4. The number of sulfonamides is 1. The lowest BCUT2D eigenvalue weighted by Gasteiger charge is -2.03. The van der Waals surface area contributed by atoms with Gasteiger partial charge in [0.1, 0.15) is 14.9 Å². The molecule has 0 bridgehead atoms. The first-order chi connectivity index (χ1) is 11.7. The molecular formula is C15H13Cl2N3O3S2. The molecule has 3 rings (SSSR count). The molecule has 0 aliphatic heterocycles. The van der Waals surface area contributed by atoms with Gasteiger partial charge in [-0.25, -0.2) is 18.1 Å². The highest BCUT2D eigenvalue weighted by atomic mass is 35.5. The number of aryl methyl sites for hydroxylation is 1. The van der Waals surface area contributed by atoms with Gasteiger partial charge < -0.3 is 4.98 Å². The van der Waals surface area contributed by atoms with Crippen molar-refractivity contribution < 1.29 is 8.42 Å². The summed E-state index contributed by atoms with van der Waals surface area (Å²) in [5.41, 5.74) is 0.851. The zero-order chi connectivity index (χ0) is 18.4. The first-order valence-electron chi connectivity index (χ1n) is 7.12. The molecule has 25 heavy (non-hydrogen) atoms. The van der Waals surface area contributed by atoms with Gasteiger partial charge in [0.05, 0.1) is 15.4 Å². The first-order valence-corrected chi connectivity index (χ1v) is 10.2. The van der Waals surface area contributed by atoms with Crippen LogP contribution < -0.4 is 10.3 Å². The van der Waals surface area contributed by atoms with Gasteiger partial charge in [0, 0.05) is 6.42 Å². The monoisotopic (exact) mass is 417 g/mol. The quantitative estimate of drug-likeness (QED) is 0.681. The minimum atomic E-state index is -3.65. The lowest BCUT2D eigenvalue weighted by atomic mass is 10.1. The van der Waals surface area contributed by atoms with E-state index in [-0.39, 0.29) is 15.2 Å². The molecule has 0 unspecified atom stereocenters. The van der Waals surface area contributed by atoms with Gasteiger partial charge in [-0.1, -0.05) is 29.3 Å². The highest BCUT2D eigenvalue weighted by molar-refractivity contribution is 7.91. The topological polar surface area (TPSA) is 91.9 Å². The molecule has 10 heteroatoms. The van der Waals surface area contributed by atoms with Crippen LogP contribution in [0, 0.1) is 6.92 Å². The van der Waals surface area contributed by atoms with Crippen LogP contribution in [0.15, 0.2) is 27.2 Å². The number of hydrogen-bond donors (Lipinski definition) is 2. The number of aromatic nitrogens is 2. The number of benzene rings is 1. The molecule has 0 saturated carbocycles. The van der Waals surface area contributed by atoms with E-state index in [1.807, 2.05) is 0 Å². The molecule has 1 aromatic carbocycles. The van der Waals surface area contributed by atoms with Crippen molar-refractivity contribution in [3.63, 3.8) is 0 Å². The number of nitrogens with zero attached hydrogens (tertiary/aromatic N) is 1. The fourth-order valence-electron chi connectivity index (χ4n) is 2.44. The number of H-pyrrole nitrogens is 1. The van der Waals surface area contributed by atoms with Crippen LogP contribution in [0.5, 0.6) is 0 Å². The summed E-state index contributed by atoms with van der Waals surface area (Å²) in [6.45, 7) is 1.60. The molecule has 0 fully saturated rings. The second-order valence-corrected chi connectivity index (χ2v) is 9.24. The van der Waals surface area contributed by atoms with Gasteiger partial charge in [-0.05, 0) is 37.2 Å². The zero-order valence-electron chi connectivity index (χ0n) is 13.2. The average molecular weight is 418 g/mol. The van der Waals surface area contributed by atoms with Crippen molar-refractivity contribution in [2.24, 2.45) is 0 Å². The Morgan fingerprint density at radius 1 is 1.28 bits per heavy atom. The number of rotatable bonds is 4. The summed E-state index contributed by atoms with van der Waals surface area (Å²) < 4.78 is 26.5. The van der Waals surface area contributed by atoms with Crippen LogP contribution in [-0.4, -0.2) is 25.4 Å². The predicted molar refractivity (Wildman–Crippen MR) is 100 cm³/mol. The summed E-state index contributed by atoms with van der Waals surface area (Å²) in [6, 6.07) is 5.16. The molecule has 0 saturated heterocycles. The third kappa shape index (κ3) is 3.45. The molecule has 6 nitrogen and oxygen atoms in total. The maximum Gasteiger partial charge on any atom is 0.259 e. The number of fused-ring (bicyclic) bond motifs is 1. The maximum absolute atomic E-state index is 12.4. The van der Waals surface area contributed by atoms with Gasteiger partial charge in [-0.2, -0.15) is 0 Å². The molecule has 0 atom stereocenters. The highest BCUT2D eigenvalue weighted by Gasteiger charge is 2.23. The average Bonchev–Trinajstić information content (AvgIpc) is 2.89. The second-order valence-electron chi connectivity index (χ2n) is 5.34.